The number of sulfonamides is 1. The van der Waals surface area contributed by atoms with Crippen molar-refractivity contribution in [3.63, 3.8) is 0 Å². The predicted octanol–water partition coefficient (Wildman–Crippen LogP) is 2.06. The molecule has 2 aromatic rings. The molecule has 1 aromatic heterocycles. The number of hydrogen-bond acceptors (Lipinski definition) is 5. The summed E-state index contributed by atoms with van der Waals surface area (Å²) in [5, 5.41) is 4.65. The van der Waals surface area contributed by atoms with Crippen molar-refractivity contribution in [1.29, 1.82) is 0 Å². The summed E-state index contributed by atoms with van der Waals surface area (Å²) in [7, 11) is 3.88. The molecule has 7 nitrogen and oxygen atoms in total. The number of ether oxygens (including phenoxy) is 1. The highest BCUT2D eigenvalue weighted by molar-refractivity contribution is 7.89. The normalized spacial score (nSPS) is 18.8. The first kappa shape index (κ1) is 19.9. The monoisotopic (exact) mass is 392 g/mol. The quantitative estimate of drug-likeness (QED) is 0.753. The average molecular weight is 393 g/mol. The van der Waals surface area contributed by atoms with Gasteiger partial charge < -0.3 is 9.64 Å². The molecule has 1 saturated heterocycles. The van der Waals surface area contributed by atoms with Crippen LogP contribution in [0.3, 0.4) is 0 Å². The van der Waals surface area contributed by atoms with Gasteiger partial charge in [-0.1, -0.05) is 12.1 Å². The highest BCUT2D eigenvalue weighted by atomic mass is 32.2. The number of piperidine rings is 1. The molecule has 2 heterocycles. The van der Waals surface area contributed by atoms with Gasteiger partial charge in [-0.05, 0) is 45.1 Å². The summed E-state index contributed by atoms with van der Waals surface area (Å²) >= 11 is 0. The second-order valence-electron chi connectivity index (χ2n) is 7.27. The fraction of sp³-hybridized carbons (Fsp3) is 0.526. The van der Waals surface area contributed by atoms with E-state index in [9.17, 15) is 8.42 Å². The molecule has 0 radical (unpaired) electrons. The number of rotatable bonds is 6. The van der Waals surface area contributed by atoms with E-state index in [0.29, 0.717) is 18.8 Å². The third kappa shape index (κ3) is 4.17. The van der Waals surface area contributed by atoms with Crippen LogP contribution in [-0.2, 0) is 23.6 Å². The van der Waals surface area contributed by atoms with Crippen molar-refractivity contribution >= 4 is 10.0 Å². The van der Waals surface area contributed by atoms with E-state index < -0.39 is 10.0 Å². The van der Waals surface area contributed by atoms with Gasteiger partial charge in [0.15, 0.2) is 0 Å². The first-order valence-corrected chi connectivity index (χ1v) is 10.6. The van der Waals surface area contributed by atoms with Crippen molar-refractivity contribution in [1.82, 2.24) is 19.0 Å². The van der Waals surface area contributed by atoms with Gasteiger partial charge in [-0.3, -0.25) is 4.68 Å². The summed E-state index contributed by atoms with van der Waals surface area (Å²) < 4.78 is 35.1. The van der Waals surface area contributed by atoms with E-state index in [4.69, 9.17) is 4.74 Å². The van der Waals surface area contributed by atoms with Crippen LogP contribution in [-0.4, -0.2) is 61.7 Å². The van der Waals surface area contributed by atoms with Crippen LogP contribution in [0.4, 0.5) is 0 Å². The lowest BCUT2D eigenvalue weighted by Gasteiger charge is -2.31. The zero-order chi connectivity index (χ0) is 19.6. The fourth-order valence-corrected chi connectivity index (χ4v) is 5.25. The summed E-state index contributed by atoms with van der Waals surface area (Å²) in [4.78, 5) is 2.32. The van der Waals surface area contributed by atoms with Crippen LogP contribution in [0.15, 0.2) is 35.2 Å². The molecule has 0 N–H and O–H groups in total. The first-order chi connectivity index (χ1) is 12.8. The molecule has 0 amide bonds. The van der Waals surface area contributed by atoms with Crippen LogP contribution in [0.5, 0.6) is 5.75 Å². The van der Waals surface area contributed by atoms with E-state index in [1.165, 1.54) is 7.11 Å². The van der Waals surface area contributed by atoms with Crippen LogP contribution in [0.2, 0.25) is 0 Å². The Kier molecular flexibility index (Phi) is 5.88. The zero-order valence-electron chi connectivity index (χ0n) is 16.4. The lowest BCUT2D eigenvalue weighted by Crippen LogP contribution is -2.39. The molecule has 0 spiro atoms. The predicted molar refractivity (Wildman–Crippen MR) is 104 cm³/mol. The molecule has 1 fully saturated rings. The lowest BCUT2D eigenvalue weighted by atomic mass is 9.96. The third-order valence-electron chi connectivity index (χ3n) is 4.96. The number of nitrogens with zero attached hydrogens (tertiary/aromatic N) is 4. The number of aromatic nitrogens is 2. The molecule has 0 bridgehead atoms. The highest BCUT2D eigenvalue weighted by Gasteiger charge is 2.33. The van der Waals surface area contributed by atoms with Crippen LogP contribution in [0, 0.1) is 0 Å². The van der Waals surface area contributed by atoms with Crippen molar-refractivity contribution in [2.75, 3.05) is 34.3 Å². The Labute approximate surface area is 161 Å². The van der Waals surface area contributed by atoms with Crippen LogP contribution < -0.4 is 4.74 Å². The van der Waals surface area contributed by atoms with Gasteiger partial charge in [0.05, 0.1) is 18.5 Å². The largest absolute Gasteiger partial charge is 0.495 e. The molecule has 1 aliphatic rings. The second-order valence-corrected chi connectivity index (χ2v) is 9.18. The van der Waals surface area contributed by atoms with Gasteiger partial charge in [0.1, 0.15) is 10.6 Å². The number of aryl methyl sites for hydroxylation is 1. The SMILES string of the molecule is COc1ccccc1S(=O)(=O)N1CCC[C@@H](c2cc(CN(C)C)n(C)n2)C1. The molecule has 3 rings (SSSR count). The molecule has 0 unspecified atom stereocenters. The van der Waals surface area contributed by atoms with Gasteiger partial charge in [0.2, 0.25) is 10.0 Å². The number of benzene rings is 1. The van der Waals surface area contributed by atoms with Crippen LogP contribution >= 0.6 is 0 Å². The maximum Gasteiger partial charge on any atom is 0.246 e. The van der Waals surface area contributed by atoms with Gasteiger partial charge in [-0.15, -0.1) is 0 Å². The maximum absolute atomic E-state index is 13.2. The van der Waals surface area contributed by atoms with E-state index in [0.717, 1.165) is 30.8 Å². The molecule has 0 aliphatic carbocycles. The smallest absolute Gasteiger partial charge is 0.246 e. The Bertz CT molecular complexity index is 892. The number of para-hydroxylation sites is 1. The summed E-state index contributed by atoms with van der Waals surface area (Å²) in [6.45, 7) is 1.77. The Morgan fingerprint density at radius 3 is 2.74 bits per heavy atom. The zero-order valence-corrected chi connectivity index (χ0v) is 17.2. The van der Waals surface area contributed by atoms with Crippen molar-refractivity contribution in [3.8, 4) is 5.75 Å². The summed E-state index contributed by atoms with van der Waals surface area (Å²) in [5.41, 5.74) is 2.09. The Hall–Kier alpha value is -1.90. The minimum absolute atomic E-state index is 0.102. The third-order valence-corrected chi connectivity index (χ3v) is 6.87. The van der Waals surface area contributed by atoms with E-state index in [-0.39, 0.29) is 10.8 Å². The fourth-order valence-electron chi connectivity index (χ4n) is 3.58. The molecule has 1 aromatic carbocycles. The van der Waals surface area contributed by atoms with Crippen molar-refractivity contribution < 1.29 is 13.2 Å². The van der Waals surface area contributed by atoms with Gasteiger partial charge >= 0.3 is 0 Å². The minimum Gasteiger partial charge on any atom is -0.495 e. The molecule has 8 heteroatoms. The molecule has 1 atom stereocenters. The average Bonchev–Trinajstić information content (AvgIpc) is 3.01. The first-order valence-electron chi connectivity index (χ1n) is 9.13. The van der Waals surface area contributed by atoms with Gasteiger partial charge in [0.25, 0.3) is 0 Å². The molecular weight excluding hydrogens is 364 g/mol. The van der Waals surface area contributed by atoms with Gasteiger partial charge in [0, 0.05) is 32.6 Å². The topological polar surface area (TPSA) is 67.7 Å². The van der Waals surface area contributed by atoms with E-state index >= 15 is 0 Å². The van der Waals surface area contributed by atoms with E-state index in [1.54, 1.807) is 28.6 Å². The molecule has 0 saturated carbocycles. The Balaban J connectivity index is 1.84. The Morgan fingerprint density at radius 1 is 1.30 bits per heavy atom. The lowest BCUT2D eigenvalue weighted by molar-refractivity contribution is 0.310. The molecule has 1 aliphatic heterocycles. The van der Waals surface area contributed by atoms with Gasteiger partial charge in [-0.2, -0.15) is 9.40 Å². The summed E-state index contributed by atoms with van der Waals surface area (Å²) in [5.74, 6) is 0.482. The van der Waals surface area contributed by atoms with Crippen molar-refractivity contribution in [2.24, 2.45) is 7.05 Å². The van der Waals surface area contributed by atoms with Crippen molar-refractivity contribution in [3.05, 3.63) is 41.7 Å². The highest BCUT2D eigenvalue weighted by Crippen LogP contribution is 2.32. The molecular formula is C19H28N4O3S. The Morgan fingerprint density at radius 2 is 2.04 bits per heavy atom. The minimum atomic E-state index is -3.60. The van der Waals surface area contributed by atoms with Gasteiger partial charge in [-0.25, -0.2) is 8.42 Å². The van der Waals surface area contributed by atoms with E-state index in [1.807, 2.05) is 25.8 Å². The molecule has 148 valence electrons. The molecule has 27 heavy (non-hydrogen) atoms. The van der Waals surface area contributed by atoms with Crippen molar-refractivity contribution in [2.45, 2.75) is 30.2 Å². The van der Waals surface area contributed by atoms with Crippen LogP contribution in [0.25, 0.3) is 0 Å². The number of methoxy groups -OCH3 is 1. The van der Waals surface area contributed by atoms with Crippen LogP contribution in [0.1, 0.15) is 30.1 Å². The maximum atomic E-state index is 13.2. The summed E-state index contributed by atoms with van der Waals surface area (Å²) in [6, 6.07) is 8.89. The standard InChI is InChI=1S/C19H28N4O3S/c1-21(2)14-16-12-17(20-22(16)3)15-8-7-11-23(13-15)27(24,25)19-10-6-5-9-18(19)26-4/h5-6,9-10,12,15H,7-8,11,13-14H2,1-4H3/t15-/m1/s1. The number of hydrogen-bond donors (Lipinski definition) is 0. The second kappa shape index (κ2) is 8.00. The van der Waals surface area contributed by atoms with E-state index in [2.05, 4.69) is 16.1 Å². The summed E-state index contributed by atoms with van der Waals surface area (Å²) in [6.07, 6.45) is 1.76.